The van der Waals surface area contributed by atoms with Gasteiger partial charge in [-0.15, -0.1) is 6.58 Å². The van der Waals surface area contributed by atoms with Gasteiger partial charge < -0.3 is 9.64 Å². The Morgan fingerprint density at radius 2 is 2.12 bits per heavy atom. The largest absolute Gasteiger partial charge is 0.376 e. The standard InChI is InChI=1S/C19H28N2O3S/c1-4-10-24-11-9-21-13-17-18(14-21)19(17,5-2)15-7-6-8-16(12-15)20-25(3,22)23/h4,6-8,12,17-18,20H,1,5,9-11,13-14H2,2-3H3. The van der Waals surface area contributed by atoms with E-state index in [9.17, 15) is 8.42 Å². The zero-order valence-electron chi connectivity index (χ0n) is 15.1. The molecule has 0 radical (unpaired) electrons. The fourth-order valence-corrected chi connectivity index (χ4v) is 5.16. The molecule has 1 aliphatic heterocycles. The number of likely N-dealkylation sites (tertiary alicyclic amines) is 1. The number of ether oxygens (including phenoxy) is 1. The topological polar surface area (TPSA) is 58.6 Å². The maximum atomic E-state index is 11.5. The summed E-state index contributed by atoms with van der Waals surface area (Å²) in [5.41, 5.74) is 2.13. The van der Waals surface area contributed by atoms with E-state index in [1.54, 1.807) is 6.08 Å². The van der Waals surface area contributed by atoms with Gasteiger partial charge in [-0.1, -0.05) is 25.1 Å². The molecule has 0 bridgehead atoms. The average molecular weight is 365 g/mol. The van der Waals surface area contributed by atoms with Gasteiger partial charge in [0, 0.05) is 30.7 Å². The van der Waals surface area contributed by atoms with E-state index < -0.39 is 10.0 Å². The molecular weight excluding hydrogens is 336 g/mol. The van der Waals surface area contributed by atoms with Crippen molar-refractivity contribution >= 4 is 15.7 Å². The highest BCUT2D eigenvalue weighted by molar-refractivity contribution is 7.92. The minimum Gasteiger partial charge on any atom is -0.376 e. The molecule has 1 aliphatic carbocycles. The van der Waals surface area contributed by atoms with E-state index in [2.05, 4.69) is 29.2 Å². The zero-order valence-corrected chi connectivity index (χ0v) is 15.9. The first kappa shape index (κ1) is 18.4. The van der Waals surface area contributed by atoms with Crippen molar-refractivity contribution in [2.45, 2.75) is 18.8 Å². The number of hydrogen-bond acceptors (Lipinski definition) is 4. The fourth-order valence-electron chi connectivity index (χ4n) is 4.60. The Hall–Kier alpha value is -1.37. The van der Waals surface area contributed by atoms with Crippen molar-refractivity contribution in [2.75, 3.05) is 43.8 Å². The highest BCUT2D eigenvalue weighted by Gasteiger charge is 2.67. The van der Waals surface area contributed by atoms with Crippen molar-refractivity contribution in [2.24, 2.45) is 11.8 Å². The van der Waals surface area contributed by atoms with Crippen LogP contribution in [0.5, 0.6) is 0 Å². The third-order valence-electron chi connectivity index (χ3n) is 5.69. The molecule has 3 rings (SSSR count). The normalized spacial score (nSPS) is 28.6. The van der Waals surface area contributed by atoms with E-state index in [0.717, 1.165) is 32.7 Å². The van der Waals surface area contributed by atoms with Gasteiger partial charge >= 0.3 is 0 Å². The van der Waals surface area contributed by atoms with Crippen LogP contribution < -0.4 is 4.72 Å². The summed E-state index contributed by atoms with van der Waals surface area (Å²) in [5.74, 6) is 1.32. The molecule has 0 amide bonds. The number of fused-ring (bicyclic) bond motifs is 1. The molecule has 5 nitrogen and oxygen atoms in total. The van der Waals surface area contributed by atoms with Crippen LogP contribution in [0.25, 0.3) is 0 Å². The molecule has 0 aromatic heterocycles. The molecule has 2 unspecified atom stereocenters. The molecule has 2 atom stereocenters. The highest BCUT2D eigenvalue weighted by atomic mass is 32.2. The molecule has 1 saturated heterocycles. The summed E-state index contributed by atoms with van der Waals surface area (Å²) in [6, 6.07) is 7.93. The van der Waals surface area contributed by atoms with Crippen molar-refractivity contribution < 1.29 is 13.2 Å². The number of nitrogens with zero attached hydrogens (tertiary/aromatic N) is 1. The van der Waals surface area contributed by atoms with Crippen LogP contribution in [0.15, 0.2) is 36.9 Å². The van der Waals surface area contributed by atoms with Gasteiger partial charge in [0.15, 0.2) is 0 Å². The lowest BCUT2D eigenvalue weighted by Gasteiger charge is -2.26. The predicted octanol–water partition coefficient (Wildman–Crippen LogP) is 2.47. The smallest absolute Gasteiger partial charge is 0.229 e. The molecule has 1 aromatic carbocycles. The van der Waals surface area contributed by atoms with Gasteiger partial charge in [0.2, 0.25) is 10.0 Å². The van der Waals surface area contributed by atoms with E-state index in [-0.39, 0.29) is 5.41 Å². The Bertz CT molecular complexity index is 720. The Morgan fingerprint density at radius 1 is 1.40 bits per heavy atom. The molecule has 6 heteroatoms. The lowest BCUT2D eigenvalue weighted by Crippen LogP contribution is -2.32. The molecule has 1 aromatic rings. The summed E-state index contributed by atoms with van der Waals surface area (Å²) >= 11 is 0. The molecule has 25 heavy (non-hydrogen) atoms. The zero-order chi connectivity index (χ0) is 18.1. The Labute approximate surface area is 151 Å². The number of hydrogen-bond donors (Lipinski definition) is 1. The molecule has 0 spiro atoms. The van der Waals surface area contributed by atoms with Gasteiger partial charge in [-0.2, -0.15) is 0 Å². The van der Waals surface area contributed by atoms with Crippen LogP contribution in [0.3, 0.4) is 0 Å². The quantitative estimate of drug-likeness (QED) is 0.540. The number of benzene rings is 1. The van der Waals surface area contributed by atoms with Gasteiger partial charge in [-0.25, -0.2) is 8.42 Å². The van der Waals surface area contributed by atoms with Crippen LogP contribution in [0.1, 0.15) is 18.9 Å². The monoisotopic (exact) mass is 364 g/mol. The second kappa shape index (κ2) is 7.09. The van der Waals surface area contributed by atoms with Gasteiger partial charge in [-0.05, 0) is 36.0 Å². The maximum absolute atomic E-state index is 11.5. The summed E-state index contributed by atoms with van der Waals surface area (Å²) < 4.78 is 31.1. The van der Waals surface area contributed by atoms with Crippen LogP contribution in [-0.2, 0) is 20.2 Å². The van der Waals surface area contributed by atoms with E-state index in [0.29, 0.717) is 24.1 Å². The molecule has 1 N–H and O–H groups in total. The van der Waals surface area contributed by atoms with Crippen molar-refractivity contribution in [3.05, 3.63) is 42.5 Å². The maximum Gasteiger partial charge on any atom is 0.229 e. The van der Waals surface area contributed by atoms with Crippen molar-refractivity contribution in [3.8, 4) is 0 Å². The molecule has 2 fully saturated rings. The summed E-state index contributed by atoms with van der Waals surface area (Å²) in [5, 5.41) is 0. The summed E-state index contributed by atoms with van der Waals surface area (Å²) in [6.45, 7) is 10.4. The SMILES string of the molecule is C=CCOCCN1CC2C(C1)C2(CC)c1cccc(NS(C)(=O)=O)c1. The molecule has 2 aliphatic rings. The second-order valence-corrected chi connectivity index (χ2v) is 8.93. The average Bonchev–Trinajstić information content (AvgIpc) is 2.94. The Morgan fingerprint density at radius 3 is 2.72 bits per heavy atom. The Kier molecular flexibility index (Phi) is 5.23. The van der Waals surface area contributed by atoms with Crippen molar-refractivity contribution in [1.82, 2.24) is 4.90 Å². The minimum absolute atomic E-state index is 0.202. The molecular formula is C19H28N2O3S. The van der Waals surface area contributed by atoms with Gasteiger partial charge in [-0.3, -0.25) is 4.72 Å². The third-order valence-corrected chi connectivity index (χ3v) is 6.29. The number of rotatable bonds is 9. The molecule has 138 valence electrons. The first-order valence-electron chi connectivity index (χ1n) is 8.90. The van der Waals surface area contributed by atoms with E-state index in [4.69, 9.17) is 4.74 Å². The second-order valence-electron chi connectivity index (χ2n) is 7.19. The van der Waals surface area contributed by atoms with Crippen LogP contribution in [-0.4, -0.2) is 52.4 Å². The Balaban J connectivity index is 1.65. The number of sulfonamides is 1. The highest BCUT2D eigenvalue weighted by Crippen LogP contribution is 2.65. The number of nitrogens with one attached hydrogen (secondary N) is 1. The van der Waals surface area contributed by atoms with Crippen LogP contribution in [0, 0.1) is 11.8 Å². The van der Waals surface area contributed by atoms with Crippen molar-refractivity contribution in [3.63, 3.8) is 0 Å². The van der Waals surface area contributed by atoms with E-state index in [1.165, 1.54) is 11.8 Å². The van der Waals surface area contributed by atoms with Crippen molar-refractivity contribution in [1.29, 1.82) is 0 Å². The number of anilines is 1. The van der Waals surface area contributed by atoms with Gasteiger partial charge in [0.1, 0.15) is 0 Å². The first-order valence-corrected chi connectivity index (χ1v) is 10.8. The van der Waals surface area contributed by atoms with Crippen LogP contribution in [0.4, 0.5) is 5.69 Å². The number of piperidine rings is 1. The summed E-state index contributed by atoms with van der Waals surface area (Å²) in [7, 11) is -3.25. The molecule has 1 heterocycles. The van der Waals surface area contributed by atoms with Gasteiger partial charge in [0.05, 0.1) is 19.5 Å². The molecule has 1 saturated carbocycles. The lowest BCUT2D eigenvalue weighted by molar-refractivity contribution is 0.125. The van der Waals surface area contributed by atoms with Crippen LogP contribution >= 0.6 is 0 Å². The van der Waals surface area contributed by atoms with Crippen LogP contribution in [0.2, 0.25) is 0 Å². The summed E-state index contributed by atoms with van der Waals surface area (Å²) in [4.78, 5) is 2.48. The fraction of sp³-hybridized carbons (Fsp3) is 0.579. The van der Waals surface area contributed by atoms with E-state index in [1.807, 2.05) is 18.2 Å². The minimum atomic E-state index is -3.25. The van der Waals surface area contributed by atoms with E-state index >= 15 is 0 Å². The first-order chi connectivity index (χ1) is 11.9. The predicted molar refractivity (Wildman–Crippen MR) is 101 cm³/mol. The lowest BCUT2D eigenvalue weighted by atomic mass is 9.87. The van der Waals surface area contributed by atoms with Gasteiger partial charge in [0.25, 0.3) is 0 Å². The third kappa shape index (κ3) is 3.76. The summed E-state index contributed by atoms with van der Waals surface area (Å²) in [6.07, 6.45) is 4.06.